The second kappa shape index (κ2) is 8.56. The number of thiophene rings is 1. The summed E-state index contributed by atoms with van der Waals surface area (Å²) in [6, 6.07) is 10.2. The first-order valence-electron chi connectivity index (χ1n) is 9.62. The highest BCUT2D eigenvalue weighted by atomic mass is 32.1. The van der Waals surface area contributed by atoms with E-state index < -0.39 is 0 Å². The molecule has 1 fully saturated rings. The van der Waals surface area contributed by atoms with E-state index >= 15 is 0 Å². The summed E-state index contributed by atoms with van der Waals surface area (Å²) in [5, 5.41) is 7.96. The summed E-state index contributed by atoms with van der Waals surface area (Å²) in [4.78, 5) is 19.2. The van der Waals surface area contributed by atoms with Crippen molar-refractivity contribution >= 4 is 17.2 Å². The van der Waals surface area contributed by atoms with Crippen LogP contribution in [0, 0.1) is 0 Å². The lowest BCUT2D eigenvalue weighted by atomic mass is 10.0. The molecule has 1 aliphatic heterocycles. The Bertz CT molecular complexity index is 905. The molecule has 1 aliphatic rings. The first-order chi connectivity index (χ1) is 13.7. The van der Waals surface area contributed by atoms with E-state index in [0.717, 1.165) is 36.3 Å². The smallest absolute Gasteiger partial charge is 0.227 e. The Morgan fingerprint density at radius 2 is 2.18 bits per heavy atom. The monoisotopic (exact) mass is 397 g/mol. The first kappa shape index (κ1) is 18.7. The van der Waals surface area contributed by atoms with E-state index in [-0.39, 0.29) is 11.9 Å². The van der Waals surface area contributed by atoms with E-state index in [1.54, 1.807) is 11.3 Å². The van der Waals surface area contributed by atoms with Crippen LogP contribution in [-0.2, 0) is 11.2 Å². The fraction of sp³-hybridized carbons (Fsp3) is 0.381. The molecule has 3 heterocycles. The molecule has 0 saturated carbocycles. The first-order valence-corrected chi connectivity index (χ1v) is 10.6. The van der Waals surface area contributed by atoms with E-state index in [9.17, 15) is 4.79 Å². The number of rotatable bonds is 7. The molecule has 146 valence electrons. The number of aromatic nitrogens is 2. The zero-order chi connectivity index (χ0) is 19.3. The number of amides is 1. The van der Waals surface area contributed by atoms with Gasteiger partial charge in [0.2, 0.25) is 17.6 Å². The summed E-state index contributed by atoms with van der Waals surface area (Å²) in [5.74, 6) is 2.08. The van der Waals surface area contributed by atoms with Gasteiger partial charge in [-0.25, -0.2) is 0 Å². The number of benzene rings is 1. The normalized spacial score (nSPS) is 16.5. The third-order valence-electron chi connectivity index (χ3n) is 4.95. The number of hydrogen-bond donors (Lipinski definition) is 0. The molecule has 0 bridgehead atoms. The van der Waals surface area contributed by atoms with E-state index in [1.165, 1.54) is 0 Å². The molecular weight excluding hydrogens is 374 g/mol. The summed E-state index contributed by atoms with van der Waals surface area (Å²) in [5.41, 5.74) is 2.10. The summed E-state index contributed by atoms with van der Waals surface area (Å²) < 4.78 is 10.8. The molecular formula is C21H23N3O3S. The highest BCUT2D eigenvalue weighted by Crippen LogP contribution is 2.33. The minimum atomic E-state index is 0.131. The average Bonchev–Trinajstić information content (AvgIpc) is 3.48. The highest BCUT2D eigenvalue weighted by molar-refractivity contribution is 7.08. The summed E-state index contributed by atoms with van der Waals surface area (Å²) in [6.07, 6.45) is 2.84. The Balaban J connectivity index is 1.37. The lowest BCUT2D eigenvalue weighted by Crippen LogP contribution is -2.30. The van der Waals surface area contributed by atoms with Gasteiger partial charge in [0.25, 0.3) is 0 Å². The minimum Gasteiger partial charge on any atom is -0.494 e. The van der Waals surface area contributed by atoms with Crippen LogP contribution in [0.1, 0.15) is 43.7 Å². The van der Waals surface area contributed by atoms with Gasteiger partial charge in [-0.15, -0.1) is 0 Å². The van der Waals surface area contributed by atoms with Crippen molar-refractivity contribution in [3.63, 3.8) is 0 Å². The van der Waals surface area contributed by atoms with Gasteiger partial charge in [-0.05, 0) is 48.9 Å². The second-order valence-corrected chi connectivity index (χ2v) is 7.55. The molecule has 6 nitrogen and oxygen atoms in total. The van der Waals surface area contributed by atoms with Crippen molar-refractivity contribution in [2.45, 2.75) is 38.6 Å². The van der Waals surface area contributed by atoms with Crippen LogP contribution in [0.3, 0.4) is 0 Å². The number of ether oxygens (including phenoxy) is 1. The number of aryl methyl sites for hydroxylation is 1. The predicted molar refractivity (Wildman–Crippen MR) is 107 cm³/mol. The summed E-state index contributed by atoms with van der Waals surface area (Å²) in [6.45, 7) is 3.41. The molecule has 1 saturated heterocycles. The van der Waals surface area contributed by atoms with Gasteiger partial charge >= 0.3 is 0 Å². The molecule has 1 aromatic carbocycles. The van der Waals surface area contributed by atoms with Crippen LogP contribution in [0.15, 0.2) is 45.6 Å². The Hall–Kier alpha value is -2.67. The molecule has 1 atom stereocenters. The van der Waals surface area contributed by atoms with Gasteiger partial charge in [-0.1, -0.05) is 17.3 Å². The maximum absolute atomic E-state index is 12.8. The molecule has 0 radical (unpaired) electrons. The van der Waals surface area contributed by atoms with Crippen molar-refractivity contribution in [3.8, 4) is 17.1 Å². The maximum atomic E-state index is 12.8. The maximum Gasteiger partial charge on any atom is 0.227 e. The SMILES string of the molecule is CCOc1ccc(C2CCCN2C(=O)CCc2nc(-c3ccsc3)no2)cc1. The topological polar surface area (TPSA) is 68.5 Å². The standard InChI is InChI=1S/C21H23N3O3S/c1-2-26-17-7-5-15(6-8-17)18-4-3-12-24(18)20(25)10-9-19-22-21(23-27-19)16-11-13-28-14-16/h5-8,11,13-14,18H,2-4,9-10,12H2,1H3. The Labute approximate surface area is 168 Å². The molecule has 0 spiro atoms. The summed E-state index contributed by atoms with van der Waals surface area (Å²) in [7, 11) is 0. The van der Waals surface area contributed by atoms with Crippen molar-refractivity contribution in [1.82, 2.24) is 15.0 Å². The number of carbonyl (C=O) groups is 1. The molecule has 0 aliphatic carbocycles. The van der Waals surface area contributed by atoms with Crippen molar-refractivity contribution in [2.24, 2.45) is 0 Å². The molecule has 7 heteroatoms. The number of hydrogen-bond acceptors (Lipinski definition) is 6. The van der Waals surface area contributed by atoms with Gasteiger partial charge in [0.05, 0.1) is 12.6 Å². The van der Waals surface area contributed by atoms with Gasteiger partial charge < -0.3 is 14.2 Å². The molecule has 3 aromatic rings. The van der Waals surface area contributed by atoms with E-state index in [1.807, 2.05) is 40.8 Å². The molecule has 2 aromatic heterocycles. The predicted octanol–water partition coefficient (Wildman–Crippen LogP) is 4.49. The lowest BCUT2D eigenvalue weighted by Gasteiger charge is -2.25. The fourth-order valence-electron chi connectivity index (χ4n) is 3.59. The fourth-order valence-corrected chi connectivity index (χ4v) is 4.22. The van der Waals surface area contributed by atoms with Crippen molar-refractivity contribution in [2.75, 3.05) is 13.2 Å². The third-order valence-corrected chi connectivity index (χ3v) is 5.63. The molecule has 4 rings (SSSR count). The van der Waals surface area contributed by atoms with Crippen LogP contribution in [0.25, 0.3) is 11.4 Å². The largest absolute Gasteiger partial charge is 0.494 e. The zero-order valence-corrected chi connectivity index (χ0v) is 16.7. The average molecular weight is 398 g/mol. The molecule has 1 amide bonds. The van der Waals surface area contributed by atoms with Crippen molar-refractivity contribution in [3.05, 3.63) is 52.5 Å². The van der Waals surface area contributed by atoms with E-state index in [2.05, 4.69) is 22.3 Å². The van der Waals surface area contributed by atoms with Crippen molar-refractivity contribution in [1.29, 1.82) is 0 Å². The van der Waals surface area contributed by atoms with Crippen LogP contribution in [0.5, 0.6) is 5.75 Å². The molecule has 1 unspecified atom stereocenters. The quantitative estimate of drug-likeness (QED) is 0.587. The number of carbonyl (C=O) groups excluding carboxylic acids is 1. The third kappa shape index (κ3) is 4.09. The van der Waals surface area contributed by atoms with Gasteiger partial charge in [0, 0.05) is 30.3 Å². The van der Waals surface area contributed by atoms with Crippen molar-refractivity contribution < 1.29 is 14.1 Å². The van der Waals surface area contributed by atoms with Gasteiger partial charge in [-0.2, -0.15) is 16.3 Å². The Morgan fingerprint density at radius 3 is 2.93 bits per heavy atom. The van der Waals surface area contributed by atoms with E-state index in [0.29, 0.717) is 31.2 Å². The van der Waals surface area contributed by atoms with E-state index in [4.69, 9.17) is 9.26 Å². The number of nitrogens with zero attached hydrogens (tertiary/aromatic N) is 3. The van der Waals surface area contributed by atoms with Crippen LogP contribution in [0.2, 0.25) is 0 Å². The van der Waals surface area contributed by atoms with Gasteiger partial charge in [0.15, 0.2) is 0 Å². The highest BCUT2D eigenvalue weighted by Gasteiger charge is 2.29. The Morgan fingerprint density at radius 1 is 1.32 bits per heavy atom. The van der Waals surface area contributed by atoms with Crippen LogP contribution < -0.4 is 4.74 Å². The molecule has 28 heavy (non-hydrogen) atoms. The number of likely N-dealkylation sites (tertiary alicyclic amines) is 1. The summed E-state index contributed by atoms with van der Waals surface area (Å²) >= 11 is 1.59. The minimum absolute atomic E-state index is 0.131. The van der Waals surface area contributed by atoms with Crippen LogP contribution >= 0.6 is 11.3 Å². The van der Waals surface area contributed by atoms with Crippen LogP contribution in [-0.4, -0.2) is 34.1 Å². The Kier molecular flexibility index (Phi) is 5.71. The second-order valence-electron chi connectivity index (χ2n) is 6.77. The zero-order valence-electron chi connectivity index (χ0n) is 15.8. The molecule has 0 N–H and O–H groups in total. The van der Waals surface area contributed by atoms with Gasteiger partial charge in [-0.3, -0.25) is 4.79 Å². The van der Waals surface area contributed by atoms with Crippen LogP contribution in [0.4, 0.5) is 0 Å². The van der Waals surface area contributed by atoms with Gasteiger partial charge in [0.1, 0.15) is 5.75 Å². The lowest BCUT2D eigenvalue weighted by molar-refractivity contribution is -0.132.